The maximum absolute atomic E-state index is 13.6. The second-order valence-corrected chi connectivity index (χ2v) is 34.1. The van der Waals surface area contributed by atoms with Gasteiger partial charge in [-0.25, -0.2) is 16.8 Å². The van der Waals surface area contributed by atoms with E-state index in [-0.39, 0.29) is 48.5 Å². The maximum Gasteiger partial charge on any atom is 0.269 e. The molecule has 6 heterocycles. The molecule has 570 valence electrons. The lowest BCUT2D eigenvalue weighted by Crippen LogP contribution is -2.48. The molecule has 0 amide bonds. The zero-order valence-corrected chi connectivity index (χ0v) is 64.1. The number of rotatable bonds is 15. The molecule has 0 unspecified atom stereocenters. The summed E-state index contributed by atoms with van der Waals surface area (Å²) in [5.74, 6) is 2.66. The monoisotopic (exact) mass is 1500 g/mol. The van der Waals surface area contributed by atoms with Crippen LogP contribution in [0, 0.1) is 10.1 Å². The number of allylic oxidation sites excluding steroid dienone is 4. The molecule has 20 nitrogen and oxygen atoms in total. The smallest absolute Gasteiger partial charge is 0.269 e. The summed E-state index contributed by atoms with van der Waals surface area (Å²) in [6, 6.07) is 38.8. The number of nitro benzene ring substituents is 1. The number of ether oxygens (including phenoxy) is 2. The Morgan fingerprint density at radius 3 is 1.22 bits per heavy atom. The molecule has 14 rings (SSSR count). The van der Waals surface area contributed by atoms with Crippen molar-refractivity contribution in [2.24, 2.45) is 0 Å². The van der Waals surface area contributed by atoms with Crippen molar-refractivity contribution in [1.82, 2.24) is 17.7 Å². The number of non-ortho nitro benzene ring substituents is 1. The molecule has 2 saturated carbocycles. The van der Waals surface area contributed by atoms with E-state index in [4.69, 9.17) is 15.2 Å². The summed E-state index contributed by atoms with van der Waals surface area (Å²) in [7, 11) is -6.53. The fraction of sp³-hybridized carbons (Fsp3) is 0.442. The van der Waals surface area contributed by atoms with Crippen LogP contribution in [0.1, 0.15) is 196 Å². The average molecular weight is 1500 g/mol. The van der Waals surface area contributed by atoms with Gasteiger partial charge in [-0.2, -0.15) is 8.61 Å². The summed E-state index contributed by atoms with van der Waals surface area (Å²) in [4.78, 5) is 69.5. The van der Waals surface area contributed by atoms with Crippen LogP contribution in [-0.2, 0) is 55.9 Å². The molecule has 0 spiro atoms. The van der Waals surface area contributed by atoms with Crippen LogP contribution in [0.3, 0.4) is 0 Å². The highest BCUT2D eigenvalue weighted by molar-refractivity contribution is 7.88. The zero-order chi connectivity index (χ0) is 75.5. The third kappa shape index (κ3) is 18.5. The van der Waals surface area contributed by atoms with E-state index < -0.39 is 25.0 Å². The van der Waals surface area contributed by atoms with Crippen LogP contribution >= 0.6 is 0 Å². The highest BCUT2D eigenvalue weighted by Gasteiger charge is 2.33. The standard InChI is InChI=1S/C43H50N4O7S.C43H52N4O5S/c1-55(52,53)45-25-23-44(24-26-45)39-22-18-35(47(50)51)27-34(39)30-54-37-19-15-32(16-20-37)43-42(31-11-7-6-8-12-31)38-21-17-33-28-40(38)46(43)29-36(48)13-9-4-2-3-5-10-14-41(33)49;1-53(50,51)46-25-23-45(24-26-46)39-22-18-35(44)27-34(39)30-52-37-19-15-32(16-20-37)43-42(31-11-7-6-8-12-31)38-21-17-33-28-40(38)47(43)29-36(48)13-9-4-2-3-5-10-14-41(33)49/h2-3,15-22,27-28,31H,4-14,23-26,29-30H2,1H3;2-3,15-22,27-28,31H,4-14,23-26,29-30,44H2,1H3/b2*3-2-. The van der Waals surface area contributed by atoms with Crippen molar-refractivity contribution < 1.29 is 50.4 Å². The van der Waals surface area contributed by atoms with Crippen molar-refractivity contribution in [3.8, 4) is 34.0 Å². The minimum atomic E-state index is -3.31. The third-order valence-corrected chi connectivity index (χ3v) is 25.2. The van der Waals surface area contributed by atoms with Gasteiger partial charge in [-0.3, -0.25) is 29.3 Å². The first-order valence-corrected chi connectivity index (χ1v) is 42.7. The molecule has 0 radical (unpaired) electrons. The minimum Gasteiger partial charge on any atom is -0.489 e. The van der Waals surface area contributed by atoms with Crippen LogP contribution in [0.2, 0.25) is 0 Å². The summed E-state index contributed by atoms with van der Waals surface area (Å²) in [6.45, 7) is 4.51. The van der Waals surface area contributed by atoms with Crippen LogP contribution < -0.4 is 25.0 Å². The molecule has 2 aromatic heterocycles. The van der Waals surface area contributed by atoms with E-state index in [1.165, 1.54) is 70.1 Å². The van der Waals surface area contributed by atoms with Gasteiger partial charge in [0.2, 0.25) is 20.0 Å². The number of nitro groups is 1. The van der Waals surface area contributed by atoms with Gasteiger partial charge in [0.25, 0.3) is 5.69 Å². The highest BCUT2D eigenvalue weighted by Crippen LogP contribution is 2.47. The number of carbonyl (C=O) groups is 4. The Bertz CT molecular complexity index is 4900. The predicted octanol–water partition coefficient (Wildman–Crippen LogP) is 16.8. The molecule has 0 atom stereocenters. The number of ketones is 4. The number of fused-ring (bicyclic) bond motifs is 2. The minimum absolute atomic E-state index is 0.0425. The second-order valence-electron chi connectivity index (χ2n) is 30.1. The Balaban J connectivity index is 0.000000191. The number of anilines is 3. The SMILES string of the molecule is CS(=O)(=O)N1CCN(c2ccc(N)cc2COc2ccc(-c3c(C4CCCCC4)c4ccc5cc4n3CC(=O)CCC/C=C\CCCC5=O)cc2)CC1.CS(=O)(=O)N1CCN(c2ccc([N+](=O)[O-])cc2COc2ccc(-c3c(C4CCCCC4)c4ccc5cc4n3CC(=O)CCC/C=C\CCCC5=O)cc2)CC1. The van der Waals surface area contributed by atoms with Gasteiger partial charge in [0.1, 0.15) is 24.7 Å². The molecule has 2 aliphatic carbocycles. The Hall–Kier alpha value is -9.22. The quantitative estimate of drug-likeness (QED) is 0.0434. The molecule has 8 aromatic rings. The summed E-state index contributed by atoms with van der Waals surface area (Å²) >= 11 is 0. The van der Waals surface area contributed by atoms with Crippen molar-refractivity contribution in [3.05, 3.63) is 189 Å². The molecule has 6 aromatic carbocycles. The van der Waals surface area contributed by atoms with E-state index in [2.05, 4.69) is 62.6 Å². The first-order chi connectivity index (χ1) is 52.2. The maximum atomic E-state index is 13.6. The first-order valence-electron chi connectivity index (χ1n) is 39.0. The van der Waals surface area contributed by atoms with Crippen LogP contribution in [0.15, 0.2) is 146 Å². The van der Waals surface area contributed by atoms with E-state index in [0.29, 0.717) is 130 Å². The highest BCUT2D eigenvalue weighted by atomic mass is 32.2. The fourth-order valence-corrected chi connectivity index (χ4v) is 18.6. The van der Waals surface area contributed by atoms with Gasteiger partial charge in [-0.05, 0) is 196 Å². The molecule has 2 saturated heterocycles. The van der Waals surface area contributed by atoms with E-state index in [9.17, 15) is 46.1 Å². The number of piperazine rings is 2. The van der Waals surface area contributed by atoms with Crippen molar-refractivity contribution in [3.63, 3.8) is 0 Å². The van der Waals surface area contributed by atoms with Gasteiger partial charge >= 0.3 is 0 Å². The fourth-order valence-electron chi connectivity index (χ4n) is 16.9. The summed E-state index contributed by atoms with van der Waals surface area (Å²) in [6.07, 6.45) is 31.2. The summed E-state index contributed by atoms with van der Waals surface area (Å²) in [5, 5.41) is 14.0. The summed E-state index contributed by atoms with van der Waals surface area (Å²) < 4.78 is 68.3. The average Bonchev–Trinajstić information content (AvgIpc) is 1.60. The van der Waals surface area contributed by atoms with Crippen molar-refractivity contribution in [2.45, 2.75) is 179 Å². The Morgan fingerprint density at radius 1 is 0.444 bits per heavy atom. The lowest BCUT2D eigenvalue weighted by Gasteiger charge is -2.35. The molecule has 6 aliphatic rings. The number of aromatic nitrogens is 2. The van der Waals surface area contributed by atoms with Crippen molar-refractivity contribution in [1.29, 1.82) is 0 Å². The lowest BCUT2D eigenvalue weighted by atomic mass is 9.81. The van der Waals surface area contributed by atoms with Gasteiger partial charge in [0, 0.05) is 151 Å². The van der Waals surface area contributed by atoms with Crippen molar-refractivity contribution >= 4 is 87.7 Å². The van der Waals surface area contributed by atoms with E-state index in [0.717, 1.165) is 151 Å². The van der Waals surface area contributed by atoms with E-state index in [1.807, 2.05) is 83.8 Å². The number of benzene rings is 6. The van der Waals surface area contributed by atoms with Gasteiger partial charge in [0.15, 0.2) is 23.1 Å². The van der Waals surface area contributed by atoms with Crippen LogP contribution in [0.4, 0.5) is 22.7 Å². The molecule has 108 heavy (non-hydrogen) atoms. The lowest BCUT2D eigenvalue weighted by molar-refractivity contribution is -0.384. The van der Waals surface area contributed by atoms with Gasteiger partial charge in [-0.1, -0.05) is 87.1 Å². The Kier molecular flexibility index (Phi) is 24.9. The first kappa shape index (κ1) is 77.0. The van der Waals surface area contributed by atoms with Gasteiger partial charge in [-0.15, -0.1) is 0 Å². The predicted molar refractivity (Wildman–Crippen MR) is 429 cm³/mol. The Morgan fingerprint density at radius 2 is 0.824 bits per heavy atom. The molecular weight excluding hydrogens is 1400 g/mol. The molecule has 4 aliphatic heterocycles. The number of nitrogens with two attached hydrogens (primary N) is 1. The summed E-state index contributed by atoms with van der Waals surface area (Å²) in [5.41, 5.74) is 20.1. The molecule has 2 N–H and O–H groups in total. The topological polar surface area (TPSA) is 247 Å². The van der Waals surface area contributed by atoms with Gasteiger partial charge in [0.05, 0.1) is 41.9 Å². The number of nitrogens with zero attached hydrogens (tertiary/aromatic N) is 7. The van der Waals surface area contributed by atoms with Crippen LogP contribution in [0.25, 0.3) is 44.3 Å². The van der Waals surface area contributed by atoms with Crippen LogP contribution in [0.5, 0.6) is 11.5 Å². The number of carbonyl (C=O) groups excluding carboxylic acids is 4. The number of hydrogen-bond donors (Lipinski definition) is 1. The number of sulfonamides is 2. The van der Waals surface area contributed by atoms with Crippen molar-refractivity contribution in [2.75, 3.05) is 80.4 Å². The largest absolute Gasteiger partial charge is 0.489 e. The molecule has 4 fully saturated rings. The molecule has 22 heteroatoms. The molecule has 4 bridgehead atoms. The van der Waals surface area contributed by atoms with E-state index >= 15 is 0 Å². The van der Waals surface area contributed by atoms with Gasteiger partial charge < -0.3 is 34.1 Å². The molecular formula is C86H102N8O12S2. The van der Waals surface area contributed by atoms with E-state index in [1.54, 1.807) is 6.07 Å². The Labute approximate surface area is 635 Å². The van der Waals surface area contributed by atoms with Crippen LogP contribution in [-0.4, -0.2) is 128 Å². The normalized spacial score (nSPS) is 19.1. The third-order valence-electron chi connectivity index (χ3n) is 22.6. The number of nitrogen functional groups attached to an aromatic ring is 1. The number of Topliss-reactive ketones (excluding diaryl/α,β-unsaturated/α-hetero) is 4. The second kappa shape index (κ2) is 35.0. The zero-order valence-electron chi connectivity index (χ0n) is 62.5. The number of hydrogen-bond acceptors (Lipinski definition) is 15.